The summed E-state index contributed by atoms with van der Waals surface area (Å²) in [7, 11) is 0.386. The summed E-state index contributed by atoms with van der Waals surface area (Å²) in [6.07, 6.45) is 0. The van der Waals surface area contributed by atoms with E-state index in [2.05, 4.69) is 166 Å². The maximum absolute atomic E-state index is 2.74. The van der Waals surface area contributed by atoms with Crippen molar-refractivity contribution < 1.29 is 0 Å². The highest BCUT2D eigenvalue weighted by molar-refractivity contribution is 9.30. The van der Waals surface area contributed by atoms with Crippen molar-refractivity contribution in [3.63, 3.8) is 0 Å². The van der Waals surface area contributed by atoms with Crippen molar-refractivity contribution >= 4 is 72.4 Å². The lowest BCUT2D eigenvalue weighted by atomic mass is 10.3. The normalized spacial score (nSPS) is 34.0. The molecule has 2 saturated heterocycles. The molecule has 0 amide bonds. The zero-order valence-electron chi connectivity index (χ0n) is 32.5. The highest BCUT2D eigenvalue weighted by Crippen LogP contribution is 3.40. The maximum Gasteiger partial charge on any atom is -0.00923 e. The van der Waals surface area contributed by atoms with E-state index in [0.29, 0.717) is 41.2 Å². The van der Waals surface area contributed by atoms with Crippen molar-refractivity contribution in [2.75, 3.05) is 0 Å². The van der Waals surface area contributed by atoms with E-state index in [9.17, 15) is 0 Å². The molecule has 42 heavy (non-hydrogen) atoms. The SMILES string of the molecule is CC(C)(C)P(P1P(C(C)(C)C)P(C(C)(C)C)P1C(C)(C)C)P(P1P(C(C)(C)C)P(C(C)(C)C)P1C(C)(C)C)C(C)(C)C. The van der Waals surface area contributed by atoms with Gasteiger partial charge >= 0.3 is 0 Å². The second-order valence-corrected chi connectivity index (χ2v) is 76.3. The van der Waals surface area contributed by atoms with E-state index in [-0.39, 0.29) is 72.4 Å². The zero-order valence-corrected chi connectivity index (χ0v) is 41.4. The maximum atomic E-state index is 2.74. The minimum atomic E-state index is -0.0301. The van der Waals surface area contributed by atoms with Crippen LogP contribution in [0.1, 0.15) is 166 Å². The number of hydrogen-bond donors (Lipinski definition) is 0. The average Bonchev–Trinajstić information content (AvgIpc) is 2.51. The van der Waals surface area contributed by atoms with Gasteiger partial charge in [-0.05, 0) is 114 Å². The molecule has 2 aliphatic heterocycles. The first-order chi connectivity index (χ1) is 18.0. The smallest absolute Gasteiger partial charge is 0.00923 e. The molecule has 6 atom stereocenters. The van der Waals surface area contributed by atoms with Crippen LogP contribution in [-0.2, 0) is 0 Å². The van der Waals surface area contributed by atoms with E-state index in [1.165, 1.54) is 0 Å². The average molecular weight is 767 g/mol. The van der Waals surface area contributed by atoms with Crippen LogP contribution in [0, 0.1) is 0 Å². The molecule has 0 bridgehead atoms. The van der Waals surface area contributed by atoms with Gasteiger partial charge in [-0.25, -0.2) is 0 Å². The third-order valence-corrected chi connectivity index (χ3v) is 127. The van der Waals surface area contributed by atoms with Gasteiger partial charge in [0.1, 0.15) is 0 Å². The molecule has 0 spiro atoms. The molecular formula is C32H72P10. The molecule has 2 fully saturated rings. The minimum Gasteiger partial charge on any atom is -0.0555 e. The van der Waals surface area contributed by atoms with Gasteiger partial charge in [0, 0.05) is 0 Å². The van der Waals surface area contributed by atoms with Crippen LogP contribution in [0.3, 0.4) is 0 Å². The first kappa shape index (κ1) is 42.5. The summed E-state index contributed by atoms with van der Waals surface area (Å²) in [5.41, 5.74) is 0. The molecule has 0 saturated carbocycles. The van der Waals surface area contributed by atoms with Crippen molar-refractivity contribution in [3.8, 4) is 0 Å². The fraction of sp³-hybridized carbons (Fsp3) is 1.00. The Balaban J connectivity index is 3.01. The summed E-state index contributed by atoms with van der Waals surface area (Å²) in [5, 5.41) is 3.75. The molecule has 10 heteroatoms. The highest BCUT2D eigenvalue weighted by atomic mass is 33.3. The van der Waals surface area contributed by atoms with Gasteiger partial charge in [0.15, 0.2) is 0 Å². The van der Waals surface area contributed by atoms with Crippen LogP contribution in [0.5, 0.6) is 0 Å². The van der Waals surface area contributed by atoms with Crippen molar-refractivity contribution in [2.24, 2.45) is 0 Å². The minimum absolute atomic E-state index is 0.0301. The van der Waals surface area contributed by atoms with Crippen molar-refractivity contribution in [2.45, 2.75) is 207 Å². The molecule has 2 rings (SSSR count). The van der Waals surface area contributed by atoms with Gasteiger partial charge in [0.05, 0.1) is 0 Å². The summed E-state index contributed by atoms with van der Waals surface area (Å²) in [5.74, 6) is 0. The largest absolute Gasteiger partial charge is 0.0555 e. The Labute approximate surface area is 278 Å². The van der Waals surface area contributed by atoms with E-state index < -0.39 is 0 Å². The summed E-state index contributed by atoms with van der Waals surface area (Å²) >= 11 is 0. The first-order valence-electron chi connectivity index (χ1n) is 16.0. The third-order valence-electron chi connectivity index (χ3n) is 6.71. The van der Waals surface area contributed by atoms with E-state index in [1.54, 1.807) is 0 Å². The highest BCUT2D eigenvalue weighted by Gasteiger charge is 2.70. The van der Waals surface area contributed by atoms with E-state index in [4.69, 9.17) is 0 Å². The van der Waals surface area contributed by atoms with Crippen LogP contribution in [0.2, 0.25) is 0 Å². The molecule has 0 radical (unpaired) electrons. The predicted molar refractivity (Wildman–Crippen MR) is 227 cm³/mol. The topological polar surface area (TPSA) is 0 Å². The summed E-state index contributed by atoms with van der Waals surface area (Å²) in [6, 6.07) is 0. The number of hydrogen-bond acceptors (Lipinski definition) is 0. The number of rotatable bonds is 3. The molecular weight excluding hydrogens is 694 g/mol. The molecule has 250 valence electrons. The lowest BCUT2D eigenvalue weighted by molar-refractivity contribution is 0.775. The molecule has 0 aromatic carbocycles. The second-order valence-electron chi connectivity index (χ2n) is 20.2. The van der Waals surface area contributed by atoms with Crippen LogP contribution in [-0.4, -0.2) is 41.2 Å². The van der Waals surface area contributed by atoms with Crippen LogP contribution < -0.4 is 0 Å². The molecule has 0 aliphatic carbocycles. The van der Waals surface area contributed by atoms with Gasteiger partial charge in [-0.2, -0.15) is 0 Å². The molecule has 0 N–H and O–H groups in total. The van der Waals surface area contributed by atoms with E-state index >= 15 is 0 Å². The van der Waals surface area contributed by atoms with Gasteiger partial charge in [0.25, 0.3) is 0 Å². The molecule has 0 aromatic rings. The summed E-state index contributed by atoms with van der Waals surface area (Å²) < 4.78 is 0. The van der Waals surface area contributed by atoms with Gasteiger partial charge in [-0.3, -0.25) is 0 Å². The van der Waals surface area contributed by atoms with Crippen LogP contribution in [0.4, 0.5) is 0 Å². The third kappa shape index (κ3) is 8.96. The van der Waals surface area contributed by atoms with Gasteiger partial charge in [-0.1, -0.05) is 166 Å². The quantitative estimate of drug-likeness (QED) is 0.251. The van der Waals surface area contributed by atoms with E-state index in [0.717, 1.165) is 0 Å². The van der Waals surface area contributed by atoms with Crippen molar-refractivity contribution in [3.05, 3.63) is 0 Å². The first-order valence-corrected chi connectivity index (χ1v) is 37.2. The Morgan fingerprint density at radius 1 is 0.238 bits per heavy atom. The van der Waals surface area contributed by atoms with Gasteiger partial charge in [-0.15, -0.1) is 0 Å². The lowest BCUT2D eigenvalue weighted by Crippen LogP contribution is -2.28. The Hall–Kier alpha value is 4.30. The second kappa shape index (κ2) is 13.1. The predicted octanol–water partition coefficient (Wildman–Crippen LogP) is 19.3. The lowest BCUT2D eigenvalue weighted by Gasteiger charge is -2.73. The molecule has 2 aliphatic rings. The Morgan fingerprint density at radius 3 is 0.476 bits per heavy atom. The fourth-order valence-corrected chi connectivity index (χ4v) is 202. The molecule has 0 aromatic heterocycles. The molecule has 2 heterocycles. The van der Waals surface area contributed by atoms with Crippen molar-refractivity contribution in [1.29, 1.82) is 0 Å². The van der Waals surface area contributed by atoms with E-state index in [1.807, 2.05) is 0 Å². The standard InChI is InChI=1S/C32H72P10/c1-25(2,3)33-35(27(7,8)9)41(36(33)28(10,11)12)39(31(19,20)21)40(32(22,23)24)42-37(29(13,14)15)34(26(4,5)6)38(42)30(16,17)18/h1-24H3. The Bertz CT molecular complexity index is 816. The fourth-order valence-electron chi connectivity index (χ4n) is 5.49. The summed E-state index contributed by atoms with van der Waals surface area (Å²) in [4.78, 5) is 0. The summed E-state index contributed by atoms with van der Waals surface area (Å²) in [6.45, 7) is 64.6. The van der Waals surface area contributed by atoms with Gasteiger partial charge in [0.2, 0.25) is 0 Å². The van der Waals surface area contributed by atoms with Crippen LogP contribution >= 0.6 is 72.4 Å². The molecule has 6 unspecified atom stereocenters. The zero-order chi connectivity index (χ0) is 33.8. The van der Waals surface area contributed by atoms with Crippen LogP contribution in [0.25, 0.3) is 0 Å². The molecule has 0 nitrogen and oxygen atoms in total. The van der Waals surface area contributed by atoms with Gasteiger partial charge < -0.3 is 0 Å². The Kier molecular flexibility index (Phi) is 13.3. The van der Waals surface area contributed by atoms with Crippen molar-refractivity contribution in [1.82, 2.24) is 0 Å². The van der Waals surface area contributed by atoms with Crippen LogP contribution in [0.15, 0.2) is 0 Å². The Morgan fingerprint density at radius 2 is 0.381 bits per heavy atom. The monoisotopic (exact) mass is 766 g/mol.